The largest absolute Gasteiger partial charge is 0.357 e. The average Bonchev–Trinajstić information content (AvgIpc) is 2.77. The molecular formula is C22H28FN3O4S. The van der Waals surface area contributed by atoms with Crippen LogP contribution in [0.5, 0.6) is 0 Å². The molecule has 0 saturated carbocycles. The van der Waals surface area contributed by atoms with E-state index < -0.39 is 21.9 Å². The fourth-order valence-electron chi connectivity index (χ4n) is 3.09. The fourth-order valence-corrected chi connectivity index (χ4v) is 4.32. The topological polar surface area (TPSA) is 86.8 Å². The maximum absolute atomic E-state index is 14.1. The van der Waals surface area contributed by atoms with E-state index in [9.17, 15) is 22.4 Å². The van der Waals surface area contributed by atoms with Gasteiger partial charge in [-0.05, 0) is 31.5 Å². The Bertz CT molecular complexity index is 999. The first kappa shape index (κ1) is 24.5. The molecule has 0 fully saturated rings. The monoisotopic (exact) mass is 449 g/mol. The van der Waals surface area contributed by atoms with Gasteiger partial charge >= 0.3 is 0 Å². The van der Waals surface area contributed by atoms with Gasteiger partial charge in [-0.2, -0.15) is 0 Å². The normalized spacial score (nSPS) is 12.4. The number of hydrogen-bond donors (Lipinski definition) is 1. The Labute approximate surface area is 182 Å². The molecule has 0 aliphatic rings. The first-order valence-electron chi connectivity index (χ1n) is 9.94. The molecule has 0 aliphatic carbocycles. The van der Waals surface area contributed by atoms with Crippen LogP contribution in [0.15, 0.2) is 59.5 Å². The molecule has 1 N–H and O–H groups in total. The summed E-state index contributed by atoms with van der Waals surface area (Å²) in [5.74, 6) is -1.18. The molecule has 2 amide bonds. The molecule has 0 aliphatic heterocycles. The first-order chi connectivity index (χ1) is 14.7. The Morgan fingerprint density at radius 3 is 2.29 bits per heavy atom. The Hall–Kier alpha value is -2.78. The Morgan fingerprint density at radius 1 is 1.06 bits per heavy atom. The number of amides is 2. The number of carbonyl (C=O) groups excluding carboxylic acids is 2. The minimum Gasteiger partial charge on any atom is -0.357 e. The van der Waals surface area contributed by atoms with Crippen LogP contribution < -0.4 is 5.32 Å². The lowest BCUT2D eigenvalue weighted by Crippen LogP contribution is -2.47. The van der Waals surface area contributed by atoms with Gasteiger partial charge in [-0.25, -0.2) is 17.1 Å². The molecule has 2 aromatic rings. The van der Waals surface area contributed by atoms with Gasteiger partial charge < -0.3 is 10.2 Å². The van der Waals surface area contributed by atoms with Crippen LogP contribution in [0.4, 0.5) is 4.39 Å². The van der Waals surface area contributed by atoms with Gasteiger partial charge in [-0.1, -0.05) is 36.4 Å². The zero-order valence-electron chi connectivity index (χ0n) is 17.9. The molecule has 0 bridgehead atoms. The number of carbonyl (C=O) groups is 2. The van der Waals surface area contributed by atoms with Crippen LogP contribution in [-0.4, -0.2) is 56.1 Å². The zero-order chi connectivity index (χ0) is 23.0. The quantitative estimate of drug-likeness (QED) is 0.603. The van der Waals surface area contributed by atoms with E-state index in [-0.39, 0.29) is 42.6 Å². The second-order valence-corrected chi connectivity index (χ2v) is 9.19. The summed E-state index contributed by atoms with van der Waals surface area (Å²) in [4.78, 5) is 26.5. The first-order valence-corrected chi connectivity index (χ1v) is 11.4. The van der Waals surface area contributed by atoms with Crippen molar-refractivity contribution in [3.05, 3.63) is 66.0 Å². The number of sulfonamides is 1. The molecular weight excluding hydrogens is 421 g/mol. The van der Waals surface area contributed by atoms with Crippen molar-refractivity contribution in [1.82, 2.24) is 14.5 Å². The van der Waals surface area contributed by atoms with E-state index in [0.29, 0.717) is 5.56 Å². The molecule has 0 aromatic heterocycles. The number of rotatable bonds is 10. The van der Waals surface area contributed by atoms with E-state index in [1.807, 2.05) is 0 Å². The van der Waals surface area contributed by atoms with Crippen molar-refractivity contribution >= 4 is 21.8 Å². The van der Waals surface area contributed by atoms with Crippen LogP contribution in [0.25, 0.3) is 0 Å². The lowest BCUT2D eigenvalue weighted by atomic mass is 10.1. The van der Waals surface area contributed by atoms with Crippen molar-refractivity contribution in [2.24, 2.45) is 0 Å². The van der Waals surface area contributed by atoms with E-state index >= 15 is 0 Å². The second kappa shape index (κ2) is 11.0. The summed E-state index contributed by atoms with van der Waals surface area (Å²) in [6, 6.07) is 13.3. The fraction of sp³-hybridized carbons (Fsp3) is 0.364. The zero-order valence-corrected chi connectivity index (χ0v) is 18.7. The maximum Gasteiger partial charge on any atom is 0.242 e. The van der Waals surface area contributed by atoms with Gasteiger partial charge in [0.05, 0.1) is 4.90 Å². The Balaban J connectivity index is 2.06. The SMILES string of the molecule is CNC(=O)[C@H](C)N(Cc1ccccc1F)C(=O)CCCN(C)S(=O)(=O)c1ccccc1. The van der Waals surface area contributed by atoms with Crippen LogP contribution in [0, 0.1) is 5.82 Å². The highest BCUT2D eigenvalue weighted by Crippen LogP contribution is 2.17. The molecule has 2 rings (SSSR count). The predicted octanol–water partition coefficient (Wildman–Crippen LogP) is 2.39. The second-order valence-electron chi connectivity index (χ2n) is 7.15. The molecule has 168 valence electrons. The van der Waals surface area contributed by atoms with Gasteiger partial charge in [-0.15, -0.1) is 0 Å². The number of halogens is 1. The highest BCUT2D eigenvalue weighted by atomic mass is 32.2. The maximum atomic E-state index is 14.1. The molecule has 0 spiro atoms. The summed E-state index contributed by atoms with van der Waals surface area (Å²) >= 11 is 0. The van der Waals surface area contributed by atoms with Crippen molar-refractivity contribution in [3.8, 4) is 0 Å². The van der Waals surface area contributed by atoms with E-state index in [1.54, 1.807) is 43.3 Å². The molecule has 0 radical (unpaired) electrons. The summed E-state index contributed by atoms with van der Waals surface area (Å²) in [5, 5.41) is 2.50. The van der Waals surface area contributed by atoms with E-state index in [4.69, 9.17) is 0 Å². The van der Waals surface area contributed by atoms with Crippen LogP contribution in [-0.2, 0) is 26.2 Å². The van der Waals surface area contributed by atoms with Crippen molar-refractivity contribution in [1.29, 1.82) is 0 Å². The molecule has 0 heterocycles. The van der Waals surface area contributed by atoms with Gasteiger partial charge in [0.2, 0.25) is 21.8 Å². The van der Waals surface area contributed by atoms with E-state index in [0.717, 1.165) is 0 Å². The standard InChI is InChI=1S/C22H28FN3O4S/c1-17(22(28)24-2)26(16-18-10-7-8-13-20(18)23)21(27)14-9-15-25(3)31(29,30)19-11-5-4-6-12-19/h4-8,10-13,17H,9,14-16H2,1-3H3,(H,24,28)/t17-/m0/s1. The third kappa shape index (κ3) is 6.35. The van der Waals surface area contributed by atoms with Crippen molar-refractivity contribution < 1.29 is 22.4 Å². The van der Waals surface area contributed by atoms with Crippen molar-refractivity contribution in [2.75, 3.05) is 20.6 Å². The summed E-state index contributed by atoms with van der Waals surface area (Å²) < 4.78 is 40.5. The van der Waals surface area contributed by atoms with Gasteiger partial charge in [0.1, 0.15) is 11.9 Å². The van der Waals surface area contributed by atoms with Crippen LogP contribution in [0.2, 0.25) is 0 Å². The lowest BCUT2D eigenvalue weighted by Gasteiger charge is -2.29. The van der Waals surface area contributed by atoms with Gasteiger partial charge in [0, 0.05) is 39.2 Å². The summed E-state index contributed by atoms with van der Waals surface area (Å²) in [6.07, 6.45) is 0.278. The molecule has 0 unspecified atom stereocenters. The number of nitrogens with zero attached hydrogens (tertiary/aromatic N) is 2. The third-order valence-corrected chi connectivity index (χ3v) is 6.90. The predicted molar refractivity (Wildman–Crippen MR) is 116 cm³/mol. The average molecular weight is 450 g/mol. The van der Waals surface area contributed by atoms with Crippen molar-refractivity contribution in [2.45, 2.75) is 37.2 Å². The van der Waals surface area contributed by atoms with Gasteiger partial charge in [0.25, 0.3) is 0 Å². The molecule has 9 heteroatoms. The number of benzene rings is 2. The number of hydrogen-bond acceptors (Lipinski definition) is 4. The highest BCUT2D eigenvalue weighted by molar-refractivity contribution is 7.89. The summed E-state index contributed by atoms with van der Waals surface area (Å²) in [7, 11) is -0.729. The highest BCUT2D eigenvalue weighted by Gasteiger charge is 2.26. The minimum absolute atomic E-state index is 0.0183. The van der Waals surface area contributed by atoms with Crippen LogP contribution >= 0.6 is 0 Å². The summed E-state index contributed by atoms with van der Waals surface area (Å²) in [5.41, 5.74) is 0.301. The molecule has 2 aromatic carbocycles. The molecule has 31 heavy (non-hydrogen) atoms. The summed E-state index contributed by atoms with van der Waals surface area (Å²) in [6.45, 7) is 1.65. The Morgan fingerprint density at radius 2 is 1.68 bits per heavy atom. The van der Waals surface area contributed by atoms with E-state index in [1.165, 1.54) is 41.5 Å². The number of nitrogens with one attached hydrogen (secondary N) is 1. The lowest BCUT2D eigenvalue weighted by molar-refractivity contribution is -0.140. The third-order valence-electron chi connectivity index (χ3n) is 5.03. The Kier molecular flexibility index (Phi) is 8.70. The van der Waals surface area contributed by atoms with E-state index in [2.05, 4.69) is 5.32 Å². The number of likely N-dealkylation sites (N-methyl/N-ethyl adjacent to an activating group) is 1. The molecule has 7 nitrogen and oxygen atoms in total. The van der Waals surface area contributed by atoms with Crippen LogP contribution in [0.1, 0.15) is 25.3 Å². The van der Waals surface area contributed by atoms with Crippen molar-refractivity contribution in [3.63, 3.8) is 0 Å². The smallest absolute Gasteiger partial charge is 0.242 e. The molecule has 0 saturated heterocycles. The van der Waals surface area contributed by atoms with Gasteiger partial charge in [0.15, 0.2) is 0 Å². The van der Waals surface area contributed by atoms with Crippen LogP contribution in [0.3, 0.4) is 0 Å². The minimum atomic E-state index is -3.65. The molecule has 1 atom stereocenters. The van der Waals surface area contributed by atoms with Gasteiger partial charge in [-0.3, -0.25) is 9.59 Å².